The summed E-state index contributed by atoms with van der Waals surface area (Å²) in [6.45, 7) is 2.25. The standard InChI is InChI=1S/C24H23N3O5S/c1-13-10-18-20(24(28)27(13)12-14-6-5-9-33-14)19(16(11-25)23(26)32-18)15-7-8-17(29-2)22(31-4)21(15)30-3/h5-10,19H,12,26H2,1-4H3/t19-/m0/s1. The molecule has 0 bridgehead atoms. The number of ether oxygens (including phenoxy) is 4. The number of thiophene rings is 1. The van der Waals surface area contributed by atoms with Gasteiger partial charge in [-0.25, -0.2) is 0 Å². The van der Waals surface area contributed by atoms with Crippen molar-refractivity contribution in [3.8, 4) is 29.1 Å². The molecule has 3 heterocycles. The van der Waals surface area contributed by atoms with Gasteiger partial charge in [0.1, 0.15) is 17.4 Å². The maximum absolute atomic E-state index is 13.8. The van der Waals surface area contributed by atoms with Crippen molar-refractivity contribution >= 4 is 11.3 Å². The molecule has 1 aliphatic heterocycles. The summed E-state index contributed by atoms with van der Waals surface area (Å²) >= 11 is 1.57. The molecule has 2 N–H and O–H groups in total. The van der Waals surface area contributed by atoms with E-state index in [0.29, 0.717) is 40.7 Å². The highest BCUT2D eigenvalue weighted by atomic mass is 32.1. The fraction of sp³-hybridized carbons (Fsp3) is 0.250. The van der Waals surface area contributed by atoms with Gasteiger partial charge in [0, 0.05) is 22.2 Å². The molecule has 2 aromatic heterocycles. The molecule has 0 aliphatic carbocycles. The summed E-state index contributed by atoms with van der Waals surface area (Å²) in [5.41, 5.74) is 7.57. The highest BCUT2D eigenvalue weighted by molar-refractivity contribution is 7.09. The molecule has 3 aromatic rings. The van der Waals surface area contributed by atoms with Crippen LogP contribution in [0.5, 0.6) is 23.0 Å². The number of hydrogen-bond acceptors (Lipinski definition) is 8. The summed E-state index contributed by atoms with van der Waals surface area (Å²) < 4.78 is 24.0. The monoisotopic (exact) mass is 465 g/mol. The van der Waals surface area contributed by atoms with E-state index in [9.17, 15) is 10.1 Å². The van der Waals surface area contributed by atoms with Gasteiger partial charge in [-0.1, -0.05) is 12.1 Å². The molecule has 170 valence electrons. The summed E-state index contributed by atoms with van der Waals surface area (Å²) in [6.07, 6.45) is 0. The molecule has 0 fully saturated rings. The minimum Gasteiger partial charge on any atom is -0.493 e. The van der Waals surface area contributed by atoms with Gasteiger partial charge in [-0.3, -0.25) is 4.79 Å². The molecule has 1 aliphatic rings. The topological polar surface area (TPSA) is 109 Å². The van der Waals surface area contributed by atoms with E-state index in [4.69, 9.17) is 24.7 Å². The van der Waals surface area contributed by atoms with Crippen LogP contribution >= 0.6 is 11.3 Å². The smallest absolute Gasteiger partial charge is 0.259 e. The van der Waals surface area contributed by atoms with Crippen molar-refractivity contribution in [1.82, 2.24) is 4.57 Å². The number of hydrogen-bond donors (Lipinski definition) is 1. The van der Waals surface area contributed by atoms with Gasteiger partial charge in [0.25, 0.3) is 5.56 Å². The zero-order valence-electron chi connectivity index (χ0n) is 18.7. The molecule has 0 radical (unpaired) electrons. The minimum absolute atomic E-state index is 0.0540. The van der Waals surface area contributed by atoms with Crippen LogP contribution in [-0.4, -0.2) is 25.9 Å². The van der Waals surface area contributed by atoms with Crippen molar-refractivity contribution in [2.24, 2.45) is 5.73 Å². The quantitative estimate of drug-likeness (QED) is 0.593. The maximum atomic E-state index is 13.8. The minimum atomic E-state index is -0.809. The number of benzene rings is 1. The van der Waals surface area contributed by atoms with E-state index in [2.05, 4.69) is 6.07 Å². The summed E-state index contributed by atoms with van der Waals surface area (Å²) in [6, 6.07) is 11.3. The Kier molecular flexibility index (Phi) is 6.03. The highest BCUT2D eigenvalue weighted by Crippen LogP contribution is 2.49. The molecule has 0 saturated heterocycles. The Morgan fingerprint density at radius 2 is 1.94 bits per heavy atom. The van der Waals surface area contributed by atoms with Crippen molar-refractivity contribution in [2.75, 3.05) is 21.3 Å². The molecule has 4 rings (SSSR count). The number of allylic oxidation sites excluding steroid dienone is 1. The van der Waals surface area contributed by atoms with E-state index in [0.717, 1.165) is 10.6 Å². The van der Waals surface area contributed by atoms with Gasteiger partial charge in [0.2, 0.25) is 11.6 Å². The molecule has 8 nitrogen and oxygen atoms in total. The van der Waals surface area contributed by atoms with E-state index in [1.165, 1.54) is 21.3 Å². The number of nitrogens with zero attached hydrogens (tertiary/aromatic N) is 2. The first-order valence-electron chi connectivity index (χ1n) is 10.1. The first kappa shape index (κ1) is 22.3. The lowest BCUT2D eigenvalue weighted by Gasteiger charge is -2.28. The number of nitriles is 1. The van der Waals surface area contributed by atoms with Gasteiger partial charge in [0.05, 0.1) is 39.4 Å². The molecule has 0 amide bonds. The SMILES string of the molecule is COc1ccc([C@H]2C(C#N)=C(N)Oc3cc(C)n(Cc4cccs4)c(=O)c32)c(OC)c1OC. The molecule has 0 unspecified atom stereocenters. The molecule has 9 heteroatoms. The summed E-state index contributed by atoms with van der Waals surface area (Å²) in [4.78, 5) is 14.8. The number of pyridine rings is 1. The number of aryl methyl sites for hydroxylation is 1. The van der Waals surface area contributed by atoms with Crippen LogP contribution < -0.4 is 30.2 Å². The Morgan fingerprint density at radius 3 is 2.55 bits per heavy atom. The lowest BCUT2D eigenvalue weighted by atomic mass is 9.83. The number of methoxy groups -OCH3 is 3. The first-order chi connectivity index (χ1) is 15.9. The largest absolute Gasteiger partial charge is 0.493 e. The van der Waals surface area contributed by atoms with Crippen molar-refractivity contribution in [3.63, 3.8) is 0 Å². The summed E-state index contributed by atoms with van der Waals surface area (Å²) in [5.74, 6) is 0.614. The zero-order chi connectivity index (χ0) is 23.7. The number of fused-ring (bicyclic) bond motifs is 1. The Labute approximate surface area is 195 Å². The normalized spacial score (nSPS) is 14.8. The van der Waals surface area contributed by atoms with Crippen LogP contribution in [0.3, 0.4) is 0 Å². The molecule has 0 saturated carbocycles. The van der Waals surface area contributed by atoms with Crippen molar-refractivity contribution in [3.05, 3.63) is 79.2 Å². The molecule has 1 atom stereocenters. The van der Waals surface area contributed by atoms with E-state index in [1.807, 2.05) is 24.4 Å². The van der Waals surface area contributed by atoms with E-state index >= 15 is 0 Å². The average Bonchev–Trinajstić information content (AvgIpc) is 3.33. The second-order valence-electron chi connectivity index (χ2n) is 7.38. The summed E-state index contributed by atoms with van der Waals surface area (Å²) in [5, 5.41) is 11.9. The number of rotatable bonds is 6. The van der Waals surface area contributed by atoms with Gasteiger partial charge in [0.15, 0.2) is 11.5 Å². The molecule has 1 aromatic carbocycles. The highest BCUT2D eigenvalue weighted by Gasteiger charge is 2.37. The molecular weight excluding hydrogens is 442 g/mol. The van der Waals surface area contributed by atoms with Gasteiger partial charge in [-0.15, -0.1) is 11.3 Å². The van der Waals surface area contributed by atoms with Crippen LogP contribution in [0.1, 0.15) is 27.6 Å². The van der Waals surface area contributed by atoms with Crippen LogP contribution in [0.2, 0.25) is 0 Å². The Balaban J connectivity index is 2.01. The van der Waals surface area contributed by atoms with Gasteiger partial charge in [-0.2, -0.15) is 5.26 Å². The zero-order valence-corrected chi connectivity index (χ0v) is 19.5. The Hall–Kier alpha value is -3.90. The fourth-order valence-electron chi connectivity index (χ4n) is 4.10. The van der Waals surface area contributed by atoms with Crippen LogP contribution in [0, 0.1) is 18.3 Å². The van der Waals surface area contributed by atoms with Crippen LogP contribution in [-0.2, 0) is 6.54 Å². The lowest BCUT2D eigenvalue weighted by Crippen LogP contribution is -2.33. The average molecular weight is 466 g/mol. The maximum Gasteiger partial charge on any atom is 0.259 e. The molecular formula is C24H23N3O5S. The number of aromatic nitrogens is 1. The Morgan fingerprint density at radius 1 is 1.18 bits per heavy atom. The predicted octanol–water partition coefficient (Wildman–Crippen LogP) is 3.51. The van der Waals surface area contributed by atoms with Crippen LogP contribution in [0.4, 0.5) is 0 Å². The molecule has 33 heavy (non-hydrogen) atoms. The third-order valence-electron chi connectivity index (χ3n) is 5.63. The van der Waals surface area contributed by atoms with Crippen molar-refractivity contribution < 1.29 is 18.9 Å². The third kappa shape index (κ3) is 3.68. The molecule has 0 spiro atoms. The lowest BCUT2D eigenvalue weighted by molar-refractivity contribution is 0.321. The van der Waals surface area contributed by atoms with Crippen LogP contribution in [0.15, 0.2) is 52.0 Å². The van der Waals surface area contributed by atoms with Gasteiger partial charge < -0.3 is 29.2 Å². The van der Waals surface area contributed by atoms with Crippen LogP contribution in [0.25, 0.3) is 0 Å². The second kappa shape index (κ2) is 8.92. The first-order valence-corrected chi connectivity index (χ1v) is 11.0. The second-order valence-corrected chi connectivity index (χ2v) is 8.41. The van der Waals surface area contributed by atoms with E-state index < -0.39 is 5.92 Å². The predicted molar refractivity (Wildman–Crippen MR) is 124 cm³/mol. The number of nitrogens with two attached hydrogens (primary N) is 1. The fourth-order valence-corrected chi connectivity index (χ4v) is 4.80. The van der Waals surface area contributed by atoms with E-state index in [-0.39, 0.29) is 17.0 Å². The third-order valence-corrected chi connectivity index (χ3v) is 6.49. The van der Waals surface area contributed by atoms with Gasteiger partial charge >= 0.3 is 0 Å². The Bertz CT molecular complexity index is 1340. The van der Waals surface area contributed by atoms with Crippen molar-refractivity contribution in [2.45, 2.75) is 19.4 Å². The van der Waals surface area contributed by atoms with E-state index in [1.54, 1.807) is 34.1 Å². The van der Waals surface area contributed by atoms with Gasteiger partial charge in [-0.05, 0) is 24.4 Å². The van der Waals surface area contributed by atoms with Crippen molar-refractivity contribution in [1.29, 1.82) is 5.26 Å². The summed E-state index contributed by atoms with van der Waals surface area (Å²) in [7, 11) is 4.50.